The number of hydrogen-bond donors (Lipinski definition) is 1. The number of aryl methyl sites for hydroxylation is 1. The molecule has 2 aromatic rings. The Labute approximate surface area is 144 Å². The summed E-state index contributed by atoms with van der Waals surface area (Å²) in [5, 5.41) is 8.75. The Kier molecular flexibility index (Phi) is 5.73. The third-order valence-electron chi connectivity index (χ3n) is 3.54. The first-order valence-electron chi connectivity index (χ1n) is 7.48. The summed E-state index contributed by atoms with van der Waals surface area (Å²) < 4.78 is 53.8. The summed E-state index contributed by atoms with van der Waals surface area (Å²) in [6, 6.07) is 8.54. The lowest BCUT2D eigenvalue weighted by Gasteiger charge is -2.25. The van der Waals surface area contributed by atoms with Crippen LogP contribution < -0.4 is 4.31 Å². The average molecular weight is 369 g/mol. The van der Waals surface area contributed by atoms with Gasteiger partial charge in [-0.15, -0.1) is 0 Å². The zero-order chi connectivity index (χ0) is 18.6. The van der Waals surface area contributed by atoms with Gasteiger partial charge >= 0.3 is 5.97 Å². The van der Waals surface area contributed by atoms with Crippen molar-refractivity contribution in [3.8, 4) is 0 Å². The molecule has 0 aliphatic heterocycles. The number of benzene rings is 2. The van der Waals surface area contributed by atoms with Gasteiger partial charge in [0.05, 0.1) is 10.6 Å². The van der Waals surface area contributed by atoms with E-state index in [-0.39, 0.29) is 30.0 Å². The van der Waals surface area contributed by atoms with Gasteiger partial charge in [0.1, 0.15) is 11.6 Å². The highest BCUT2D eigenvalue weighted by atomic mass is 32.2. The van der Waals surface area contributed by atoms with Crippen LogP contribution in [-0.2, 0) is 14.8 Å². The first-order chi connectivity index (χ1) is 11.7. The number of carboxylic acid groups (broad SMARTS) is 1. The molecule has 0 spiro atoms. The molecule has 0 amide bonds. The number of hydrogen-bond acceptors (Lipinski definition) is 3. The maximum absolute atomic E-state index is 14.1. The van der Waals surface area contributed by atoms with E-state index in [1.807, 2.05) is 0 Å². The number of nitrogens with zero attached hydrogens (tertiary/aromatic N) is 1. The highest BCUT2D eigenvalue weighted by Gasteiger charge is 2.27. The van der Waals surface area contributed by atoms with Crippen LogP contribution >= 0.6 is 0 Å². The average Bonchev–Trinajstić information content (AvgIpc) is 2.52. The Balaban J connectivity index is 2.45. The van der Waals surface area contributed by atoms with Crippen molar-refractivity contribution in [1.82, 2.24) is 0 Å². The fourth-order valence-electron chi connectivity index (χ4n) is 2.27. The van der Waals surface area contributed by atoms with E-state index in [9.17, 15) is 22.0 Å². The summed E-state index contributed by atoms with van der Waals surface area (Å²) in [6.45, 7) is 1.55. The first kappa shape index (κ1) is 18.9. The summed E-state index contributed by atoms with van der Waals surface area (Å²) >= 11 is 0. The number of aliphatic carboxylic acids is 1. The predicted octanol–water partition coefficient (Wildman–Crippen LogP) is 3.33. The van der Waals surface area contributed by atoms with E-state index >= 15 is 0 Å². The lowest BCUT2D eigenvalue weighted by molar-refractivity contribution is -0.137. The summed E-state index contributed by atoms with van der Waals surface area (Å²) in [6.07, 6.45) is -0.292. The van der Waals surface area contributed by atoms with Gasteiger partial charge in [-0.1, -0.05) is 17.7 Å². The van der Waals surface area contributed by atoms with E-state index in [0.29, 0.717) is 6.07 Å². The van der Waals surface area contributed by atoms with E-state index in [1.165, 1.54) is 12.1 Å². The molecule has 0 saturated carbocycles. The van der Waals surface area contributed by atoms with Crippen LogP contribution in [0.5, 0.6) is 0 Å². The van der Waals surface area contributed by atoms with Crippen LogP contribution in [-0.4, -0.2) is 26.0 Å². The van der Waals surface area contributed by atoms with Gasteiger partial charge in [0.2, 0.25) is 0 Å². The van der Waals surface area contributed by atoms with Crippen molar-refractivity contribution in [2.24, 2.45) is 0 Å². The van der Waals surface area contributed by atoms with E-state index < -0.39 is 27.6 Å². The second kappa shape index (κ2) is 7.60. The van der Waals surface area contributed by atoms with Gasteiger partial charge in [-0.05, 0) is 37.6 Å². The van der Waals surface area contributed by atoms with Crippen LogP contribution in [0.2, 0.25) is 0 Å². The molecule has 0 aliphatic rings. The second-order valence-corrected chi connectivity index (χ2v) is 7.35. The monoisotopic (exact) mass is 369 g/mol. The molecular formula is C17H17F2NO4S. The predicted molar refractivity (Wildman–Crippen MR) is 88.9 cm³/mol. The molecule has 0 aromatic heterocycles. The molecule has 0 heterocycles. The van der Waals surface area contributed by atoms with Gasteiger partial charge in [-0.3, -0.25) is 9.10 Å². The number of carboxylic acids is 1. The molecule has 134 valence electrons. The minimum Gasteiger partial charge on any atom is -0.481 e. The fraction of sp³-hybridized carbons (Fsp3) is 0.235. The molecule has 8 heteroatoms. The van der Waals surface area contributed by atoms with Gasteiger partial charge < -0.3 is 5.11 Å². The summed E-state index contributed by atoms with van der Waals surface area (Å²) in [5.74, 6) is -2.96. The Morgan fingerprint density at radius 1 is 1.12 bits per heavy atom. The normalized spacial score (nSPS) is 11.3. The van der Waals surface area contributed by atoms with Gasteiger partial charge in [0.15, 0.2) is 0 Å². The molecule has 25 heavy (non-hydrogen) atoms. The lowest BCUT2D eigenvalue weighted by Crippen LogP contribution is -2.33. The van der Waals surface area contributed by atoms with Crippen LogP contribution in [0.25, 0.3) is 0 Å². The zero-order valence-electron chi connectivity index (χ0n) is 13.4. The number of rotatable bonds is 7. The van der Waals surface area contributed by atoms with Crippen molar-refractivity contribution < 1.29 is 27.1 Å². The molecule has 0 unspecified atom stereocenters. The maximum atomic E-state index is 14.1. The summed E-state index contributed by atoms with van der Waals surface area (Å²) in [4.78, 5) is 10.6. The SMILES string of the molecule is Cc1ccc(S(=O)(=O)N(CCCC(=O)O)c2ccc(F)cc2F)cc1. The highest BCUT2D eigenvalue weighted by Crippen LogP contribution is 2.27. The van der Waals surface area contributed by atoms with Gasteiger partial charge in [-0.25, -0.2) is 17.2 Å². The van der Waals surface area contributed by atoms with E-state index in [2.05, 4.69) is 0 Å². The molecule has 0 bridgehead atoms. The van der Waals surface area contributed by atoms with Crippen molar-refractivity contribution in [2.75, 3.05) is 10.8 Å². The molecule has 1 N–H and O–H groups in total. The third-order valence-corrected chi connectivity index (χ3v) is 5.37. The Morgan fingerprint density at radius 3 is 2.32 bits per heavy atom. The number of carbonyl (C=O) groups is 1. The summed E-state index contributed by atoms with van der Waals surface area (Å²) in [7, 11) is -4.13. The quantitative estimate of drug-likeness (QED) is 0.812. The molecule has 0 saturated heterocycles. The number of halogens is 2. The van der Waals surface area contributed by atoms with Crippen LogP contribution in [0.15, 0.2) is 47.4 Å². The Bertz CT molecular complexity index is 867. The number of sulfonamides is 1. The molecular weight excluding hydrogens is 352 g/mol. The topological polar surface area (TPSA) is 74.7 Å². The molecule has 0 radical (unpaired) electrons. The van der Waals surface area contributed by atoms with Gasteiger partial charge in [-0.2, -0.15) is 0 Å². The van der Waals surface area contributed by atoms with Crippen LogP contribution in [0.1, 0.15) is 18.4 Å². The van der Waals surface area contributed by atoms with Crippen molar-refractivity contribution >= 4 is 21.7 Å². The number of anilines is 1. The lowest BCUT2D eigenvalue weighted by atomic mass is 10.2. The fourth-order valence-corrected chi connectivity index (χ4v) is 3.78. The van der Waals surface area contributed by atoms with Gasteiger partial charge in [0, 0.05) is 19.0 Å². The smallest absolute Gasteiger partial charge is 0.303 e. The van der Waals surface area contributed by atoms with Crippen LogP contribution in [0, 0.1) is 18.6 Å². The van der Waals surface area contributed by atoms with Crippen molar-refractivity contribution in [3.63, 3.8) is 0 Å². The molecule has 0 aliphatic carbocycles. The molecule has 2 aromatic carbocycles. The van der Waals surface area contributed by atoms with Crippen molar-refractivity contribution in [3.05, 3.63) is 59.7 Å². The van der Waals surface area contributed by atoms with E-state index in [0.717, 1.165) is 22.0 Å². The molecule has 0 atom stereocenters. The standard InChI is InChI=1S/C17H17F2NO4S/c1-12-4-7-14(8-5-12)25(23,24)20(10-2-3-17(21)22)16-9-6-13(18)11-15(16)19/h4-9,11H,2-3,10H2,1H3,(H,21,22). The van der Waals surface area contributed by atoms with Crippen molar-refractivity contribution in [2.45, 2.75) is 24.7 Å². The van der Waals surface area contributed by atoms with E-state index in [1.54, 1.807) is 19.1 Å². The van der Waals surface area contributed by atoms with Gasteiger partial charge in [0.25, 0.3) is 10.0 Å². The zero-order valence-corrected chi connectivity index (χ0v) is 14.3. The van der Waals surface area contributed by atoms with E-state index in [4.69, 9.17) is 5.11 Å². The Morgan fingerprint density at radius 2 is 1.76 bits per heavy atom. The largest absolute Gasteiger partial charge is 0.481 e. The first-order valence-corrected chi connectivity index (χ1v) is 8.92. The summed E-state index contributed by atoms with van der Waals surface area (Å²) in [5.41, 5.74) is 0.525. The second-order valence-electron chi connectivity index (χ2n) is 5.48. The highest BCUT2D eigenvalue weighted by molar-refractivity contribution is 7.92. The van der Waals surface area contributed by atoms with Crippen molar-refractivity contribution in [1.29, 1.82) is 0 Å². The van der Waals surface area contributed by atoms with Crippen LogP contribution in [0.4, 0.5) is 14.5 Å². The van der Waals surface area contributed by atoms with Crippen LogP contribution in [0.3, 0.4) is 0 Å². The molecule has 2 rings (SSSR count). The maximum Gasteiger partial charge on any atom is 0.303 e. The molecule has 0 fully saturated rings. The Hall–Kier alpha value is -2.48. The minimum atomic E-state index is -4.13. The third kappa shape index (κ3) is 4.54. The molecule has 5 nitrogen and oxygen atoms in total. The minimum absolute atomic E-state index is 0.0166.